The van der Waals surface area contributed by atoms with Gasteiger partial charge in [-0.1, -0.05) is 0 Å². The molecule has 1 aromatic heterocycles. The number of carbonyl (C=O) groups excluding carboxylic acids is 3. The number of hydrogen-bond acceptors (Lipinski definition) is 5. The fraction of sp³-hybridized carbons (Fsp3) is 0.667. The largest absolute Gasteiger partial charge is 0.375 e. The standard InChI is InChI=1S/C18H25N5O4/c1-27-10-15(25)23-5-2-13-16(21-11-20-13)18(23)3-6-22(7-4-18)17(26)12-8-14(24)19-9-12/h11-12H,2-10H2,1H3,(H,19,24)(H,20,21)/t12-/m0/s1. The lowest BCUT2D eigenvalue weighted by Crippen LogP contribution is -2.60. The van der Waals surface area contributed by atoms with E-state index in [0.717, 1.165) is 17.8 Å². The van der Waals surface area contributed by atoms with E-state index < -0.39 is 5.54 Å². The maximum Gasteiger partial charge on any atom is 0.249 e. The summed E-state index contributed by atoms with van der Waals surface area (Å²) in [5.74, 6) is -0.357. The molecule has 9 nitrogen and oxygen atoms in total. The molecule has 3 aliphatic rings. The molecular formula is C18H25N5O4. The molecule has 0 saturated carbocycles. The number of likely N-dealkylation sites (tertiary alicyclic amines) is 1. The summed E-state index contributed by atoms with van der Waals surface area (Å²) in [6.07, 6.45) is 3.97. The number of imidazole rings is 1. The Labute approximate surface area is 157 Å². The first-order chi connectivity index (χ1) is 13.0. The van der Waals surface area contributed by atoms with Crippen LogP contribution in [0.1, 0.15) is 30.7 Å². The van der Waals surface area contributed by atoms with Crippen molar-refractivity contribution in [2.24, 2.45) is 5.92 Å². The van der Waals surface area contributed by atoms with Crippen molar-refractivity contribution in [2.75, 3.05) is 39.9 Å². The second-order valence-corrected chi connectivity index (χ2v) is 7.52. The summed E-state index contributed by atoms with van der Waals surface area (Å²) < 4.78 is 5.07. The first kappa shape index (κ1) is 18.0. The minimum absolute atomic E-state index is 0.0241. The Bertz CT molecular complexity index is 753. The van der Waals surface area contributed by atoms with Crippen LogP contribution in [-0.4, -0.2) is 77.4 Å². The molecule has 3 amide bonds. The van der Waals surface area contributed by atoms with Crippen LogP contribution in [0.3, 0.4) is 0 Å². The zero-order valence-corrected chi connectivity index (χ0v) is 15.5. The summed E-state index contributed by atoms with van der Waals surface area (Å²) in [6, 6.07) is 0. The molecule has 4 rings (SSSR count). The van der Waals surface area contributed by atoms with Gasteiger partial charge in [-0.05, 0) is 12.8 Å². The predicted octanol–water partition coefficient (Wildman–Crippen LogP) is -0.605. The van der Waals surface area contributed by atoms with Gasteiger partial charge in [0.05, 0.1) is 23.5 Å². The van der Waals surface area contributed by atoms with Crippen LogP contribution in [-0.2, 0) is 31.1 Å². The lowest BCUT2D eigenvalue weighted by Gasteiger charge is -2.50. The molecule has 2 fully saturated rings. The monoisotopic (exact) mass is 375 g/mol. The molecule has 1 spiro atoms. The smallest absolute Gasteiger partial charge is 0.249 e. The van der Waals surface area contributed by atoms with Gasteiger partial charge in [-0.2, -0.15) is 0 Å². The highest BCUT2D eigenvalue weighted by Gasteiger charge is 2.49. The van der Waals surface area contributed by atoms with E-state index in [0.29, 0.717) is 39.0 Å². The maximum atomic E-state index is 12.7. The second-order valence-electron chi connectivity index (χ2n) is 7.52. The van der Waals surface area contributed by atoms with Crippen molar-refractivity contribution >= 4 is 17.7 Å². The van der Waals surface area contributed by atoms with Gasteiger partial charge in [-0.25, -0.2) is 4.98 Å². The van der Waals surface area contributed by atoms with Crippen LogP contribution in [0, 0.1) is 5.92 Å². The summed E-state index contributed by atoms with van der Waals surface area (Å²) in [6.45, 7) is 2.17. The van der Waals surface area contributed by atoms with Gasteiger partial charge in [0, 0.05) is 51.8 Å². The zero-order chi connectivity index (χ0) is 19.0. The number of ether oxygens (including phenoxy) is 1. The Balaban J connectivity index is 1.54. The van der Waals surface area contributed by atoms with Crippen LogP contribution in [0.4, 0.5) is 0 Å². The minimum atomic E-state index is -0.496. The van der Waals surface area contributed by atoms with Crippen molar-refractivity contribution in [2.45, 2.75) is 31.2 Å². The van der Waals surface area contributed by atoms with E-state index >= 15 is 0 Å². The van der Waals surface area contributed by atoms with Crippen LogP contribution < -0.4 is 5.32 Å². The highest BCUT2D eigenvalue weighted by atomic mass is 16.5. The molecule has 0 aliphatic carbocycles. The first-order valence-corrected chi connectivity index (χ1v) is 9.43. The van der Waals surface area contributed by atoms with Gasteiger partial charge in [-0.15, -0.1) is 0 Å². The van der Waals surface area contributed by atoms with Crippen molar-refractivity contribution in [1.29, 1.82) is 0 Å². The number of nitrogens with one attached hydrogen (secondary N) is 2. The van der Waals surface area contributed by atoms with Crippen molar-refractivity contribution in [3.05, 3.63) is 17.7 Å². The molecule has 146 valence electrons. The molecule has 0 unspecified atom stereocenters. The van der Waals surface area contributed by atoms with Gasteiger partial charge in [0.2, 0.25) is 17.7 Å². The normalized spacial score (nSPS) is 24.0. The topological polar surface area (TPSA) is 108 Å². The Hall–Kier alpha value is -2.42. The van der Waals surface area contributed by atoms with Crippen molar-refractivity contribution < 1.29 is 19.1 Å². The summed E-state index contributed by atoms with van der Waals surface area (Å²) in [7, 11) is 1.52. The molecule has 1 atom stereocenters. The number of H-pyrrole nitrogens is 1. The number of aromatic nitrogens is 2. The van der Waals surface area contributed by atoms with Crippen molar-refractivity contribution in [3.63, 3.8) is 0 Å². The van der Waals surface area contributed by atoms with Gasteiger partial charge >= 0.3 is 0 Å². The average Bonchev–Trinajstić information content (AvgIpc) is 3.32. The van der Waals surface area contributed by atoms with Crippen molar-refractivity contribution in [1.82, 2.24) is 25.1 Å². The van der Waals surface area contributed by atoms with E-state index in [1.165, 1.54) is 7.11 Å². The summed E-state index contributed by atoms with van der Waals surface area (Å²) in [5, 5.41) is 2.72. The van der Waals surface area contributed by atoms with Crippen LogP contribution >= 0.6 is 0 Å². The SMILES string of the molecule is COCC(=O)N1CCc2[nH]cnc2C12CCN(C(=O)[C@@H]1CNC(=O)C1)CC2. The fourth-order valence-electron chi connectivity index (χ4n) is 4.68. The third-order valence-electron chi connectivity index (χ3n) is 6.06. The Kier molecular flexibility index (Phi) is 4.63. The third kappa shape index (κ3) is 2.99. The molecule has 0 bridgehead atoms. The van der Waals surface area contributed by atoms with Gasteiger partial charge in [0.1, 0.15) is 6.61 Å². The number of fused-ring (bicyclic) bond motifs is 2. The first-order valence-electron chi connectivity index (χ1n) is 9.43. The Morgan fingerprint density at radius 1 is 1.33 bits per heavy atom. The number of rotatable bonds is 3. The van der Waals surface area contributed by atoms with E-state index in [1.54, 1.807) is 6.33 Å². The van der Waals surface area contributed by atoms with Crippen LogP contribution in [0.25, 0.3) is 0 Å². The van der Waals surface area contributed by atoms with E-state index in [-0.39, 0.29) is 36.7 Å². The van der Waals surface area contributed by atoms with E-state index in [2.05, 4.69) is 15.3 Å². The quantitative estimate of drug-likeness (QED) is 0.733. The molecule has 0 aromatic carbocycles. The lowest BCUT2D eigenvalue weighted by molar-refractivity contribution is -0.148. The van der Waals surface area contributed by atoms with Gasteiger partial charge in [0.15, 0.2) is 0 Å². The lowest BCUT2D eigenvalue weighted by atomic mass is 9.78. The molecule has 1 aromatic rings. The molecule has 4 heterocycles. The van der Waals surface area contributed by atoms with E-state index in [1.807, 2.05) is 9.80 Å². The Morgan fingerprint density at radius 3 is 2.78 bits per heavy atom. The number of methoxy groups -OCH3 is 1. The van der Waals surface area contributed by atoms with Crippen LogP contribution in [0.2, 0.25) is 0 Å². The molecule has 2 saturated heterocycles. The number of hydrogen-bond donors (Lipinski definition) is 2. The summed E-state index contributed by atoms with van der Waals surface area (Å²) in [5.41, 5.74) is 1.49. The second kappa shape index (κ2) is 6.95. The maximum absolute atomic E-state index is 12.7. The molecule has 0 radical (unpaired) electrons. The number of piperidine rings is 1. The molecule has 27 heavy (non-hydrogen) atoms. The average molecular weight is 375 g/mol. The molecule has 9 heteroatoms. The fourth-order valence-corrected chi connectivity index (χ4v) is 4.68. The minimum Gasteiger partial charge on any atom is -0.375 e. The van der Waals surface area contributed by atoms with Gasteiger partial charge in [0.25, 0.3) is 0 Å². The van der Waals surface area contributed by atoms with Crippen molar-refractivity contribution in [3.8, 4) is 0 Å². The number of carbonyl (C=O) groups is 3. The van der Waals surface area contributed by atoms with Gasteiger partial charge < -0.3 is 24.8 Å². The highest BCUT2D eigenvalue weighted by Crippen LogP contribution is 2.42. The van der Waals surface area contributed by atoms with E-state index in [4.69, 9.17) is 4.74 Å². The Morgan fingerprint density at radius 2 is 2.11 bits per heavy atom. The van der Waals surface area contributed by atoms with Crippen LogP contribution in [0.5, 0.6) is 0 Å². The summed E-state index contributed by atoms with van der Waals surface area (Å²) in [4.78, 5) is 48.3. The third-order valence-corrected chi connectivity index (χ3v) is 6.06. The van der Waals surface area contributed by atoms with Crippen LogP contribution in [0.15, 0.2) is 6.33 Å². The number of nitrogens with zero attached hydrogens (tertiary/aromatic N) is 3. The summed E-state index contributed by atoms with van der Waals surface area (Å²) >= 11 is 0. The zero-order valence-electron chi connectivity index (χ0n) is 15.5. The molecule has 3 aliphatic heterocycles. The van der Waals surface area contributed by atoms with Gasteiger partial charge in [-0.3, -0.25) is 14.4 Å². The highest BCUT2D eigenvalue weighted by molar-refractivity contribution is 5.89. The number of aromatic amines is 1. The number of amides is 3. The molecular weight excluding hydrogens is 350 g/mol. The molecule has 2 N–H and O–H groups in total. The predicted molar refractivity (Wildman–Crippen MR) is 94.5 cm³/mol. The van der Waals surface area contributed by atoms with E-state index in [9.17, 15) is 14.4 Å².